The number of alkyl halides is 3. The standard InChI is InChI=1S/C21H24BF3O4/c1-14-6-8-15(9-7-14)13-26-17-11-10-16(12-18(17)27-21(23,24)25)22-28-19(2,3)20(4,5)29-22/h6-12H,13H2,1-5H3. The zero-order chi connectivity index (χ0) is 21.4. The molecule has 0 N–H and O–H groups in total. The van der Waals surface area contributed by atoms with Crippen LogP contribution in [-0.4, -0.2) is 24.7 Å². The summed E-state index contributed by atoms with van der Waals surface area (Å²) in [5.41, 5.74) is 1.13. The van der Waals surface area contributed by atoms with Crippen molar-refractivity contribution in [1.82, 2.24) is 0 Å². The summed E-state index contributed by atoms with van der Waals surface area (Å²) in [4.78, 5) is 0. The highest BCUT2D eigenvalue weighted by atomic mass is 19.4. The predicted octanol–water partition coefficient (Wildman–Crippen LogP) is 4.77. The first-order chi connectivity index (χ1) is 13.4. The number of benzene rings is 2. The van der Waals surface area contributed by atoms with Crippen molar-refractivity contribution < 1.29 is 32.0 Å². The maximum atomic E-state index is 12.9. The molecule has 1 fully saturated rings. The molecule has 1 heterocycles. The van der Waals surface area contributed by atoms with Crippen molar-refractivity contribution in [2.24, 2.45) is 0 Å². The van der Waals surface area contributed by atoms with Crippen molar-refractivity contribution in [1.29, 1.82) is 0 Å². The largest absolute Gasteiger partial charge is 0.573 e. The van der Waals surface area contributed by atoms with Gasteiger partial charge in [0.15, 0.2) is 11.5 Å². The van der Waals surface area contributed by atoms with Crippen LogP contribution in [0, 0.1) is 6.92 Å². The molecule has 8 heteroatoms. The number of hydrogen-bond acceptors (Lipinski definition) is 4. The van der Waals surface area contributed by atoms with E-state index >= 15 is 0 Å². The summed E-state index contributed by atoms with van der Waals surface area (Å²) in [5.74, 6) is -0.444. The lowest BCUT2D eigenvalue weighted by Gasteiger charge is -2.32. The SMILES string of the molecule is Cc1ccc(COc2ccc(B3OC(C)(C)C(C)(C)O3)cc2OC(F)(F)F)cc1. The zero-order valence-electron chi connectivity index (χ0n) is 17.1. The lowest BCUT2D eigenvalue weighted by atomic mass is 9.79. The smallest absolute Gasteiger partial charge is 0.485 e. The molecule has 0 saturated carbocycles. The van der Waals surface area contributed by atoms with Crippen LogP contribution in [0.3, 0.4) is 0 Å². The van der Waals surface area contributed by atoms with Gasteiger partial charge < -0.3 is 18.8 Å². The maximum Gasteiger partial charge on any atom is 0.573 e. The summed E-state index contributed by atoms with van der Waals surface area (Å²) in [6.07, 6.45) is -4.85. The van der Waals surface area contributed by atoms with Gasteiger partial charge >= 0.3 is 13.5 Å². The summed E-state index contributed by atoms with van der Waals surface area (Å²) in [6, 6.07) is 11.8. The summed E-state index contributed by atoms with van der Waals surface area (Å²) in [6.45, 7) is 9.56. The highest BCUT2D eigenvalue weighted by molar-refractivity contribution is 6.62. The Balaban J connectivity index is 1.84. The van der Waals surface area contributed by atoms with E-state index in [2.05, 4.69) is 4.74 Å². The molecule has 4 nitrogen and oxygen atoms in total. The van der Waals surface area contributed by atoms with Crippen LogP contribution in [0.4, 0.5) is 13.2 Å². The van der Waals surface area contributed by atoms with Gasteiger partial charge in [0, 0.05) is 0 Å². The molecule has 1 aliphatic rings. The van der Waals surface area contributed by atoms with Crippen molar-refractivity contribution >= 4 is 12.6 Å². The highest BCUT2D eigenvalue weighted by Crippen LogP contribution is 2.38. The molecule has 1 saturated heterocycles. The molecule has 0 atom stereocenters. The number of rotatable bonds is 5. The first-order valence-corrected chi connectivity index (χ1v) is 9.30. The molecule has 0 unspecified atom stereocenters. The summed E-state index contributed by atoms with van der Waals surface area (Å²) in [7, 11) is -0.804. The van der Waals surface area contributed by atoms with Gasteiger partial charge in [-0.05, 0) is 57.8 Å². The minimum absolute atomic E-state index is 0.0110. The van der Waals surface area contributed by atoms with Crippen molar-refractivity contribution in [3.63, 3.8) is 0 Å². The second kappa shape index (κ2) is 7.57. The molecule has 0 aromatic heterocycles. The molecule has 29 heavy (non-hydrogen) atoms. The molecule has 0 radical (unpaired) electrons. The van der Waals surface area contributed by atoms with Crippen LogP contribution in [0.5, 0.6) is 11.5 Å². The van der Waals surface area contributed by atoms with Crippen LogP contribution >= 0.6 is 0 Å². The third kappa shape index (κ3) is 5.06. The van der Waals surface area contributed by atoms with E-state index in [4.69, 9.17) is 14.0 Å². The van der Waals surface area contributed by atoms with Crippen molar-refractivity contribution in [2.45, 2.75) is 58.8 Å². The number of ether oxygens (including phenoxy) is 2. The van der Waals surface area contributed by atoms with Gasteiger partial charge in [0.1, 0.15) is 6.61 Å². The monoisotopic (exact) mass is 408 g/mol. The molecule has 0 aliphatic carbocycles. The van der Waals surface area contributed by atoms with E-state index in [9.17, 15) is 13.2 Å². The predicted molar refractivity (Wildman–Crippen MR) is 104 cm³/mol. The van der Waals surface area contributed by atoms with Crippen LogP contribution in [0.15, 0.2) is 42.5 Å². The van der Waals surface area contributed by atoms with E-state index in [0.717, 1.165) is 11.1 Å². The maximum absolute atomic E-state index is 12.9. The minimum atomic E-state index is -4.85. The van der Waals surface area contributed by atoms with Crippen molar-refractivity contribution in [3.05, 3.63) is 53.6 Å². The normalized spacial score (nSPS) is 18.0. The Bertz CT molecular complexity index is 847. The lowest BCUT2D eigenvalue weighted by Crippen LogP contribution is -2.41. The van der Waals surface area contributed by atoms with Gasteiger partial charge in [-0.3, -0.25) is 0 Å². The first-order valence-electron chi connectivity index (χ1n) is 9.30. The van der Waals surface area contributed by atoms with Gasteiger partial charge in [0.05, 0.1) is 11.2 Å². The third-order valence-corrected chi connectivity index (χ3v) is 5.23. The van der Waals surface area contributed by atoms with Gasteiger partial charge in [-0.15, -0.1) is 13.2 Å². The van der Waals surface area contributed by atoms with Crippen LogP contribution < -0.4 is 14.9 Å². The van der Waals surface area contributed by atoms with E-state index < -0.39 is 30.4 Å². The van der Waals surface area contributed by atoms with Crippen LogP contribution in [-0.2, 0) is 15.9 Å². The Morgan fingerprint density at radius 3 is 2.03 bits per heavy atom. The van der Waals surface area contributed by atoms with E-state index in [-0.39, 0.29) is 12.4 Å². The third-order valence-electron chi connectivity index (χ3n) is 5.23. The average molecular weight is 408 g/mol. The second-order valence-electron chi connectivity index (χ2n) is 8.12. The number of hydrogen-bond donors (Lipinski definition) is 0. The van der Waals surface area contributed by atoms with Gasteiger partial charge in [-0.1, -0.05) is 35.9 Å². The lowest BCUT2D eigenvalue weighted by molar-refractivity contribution is -0.275. The highest BCUT2D eigenvalue weighted by Gasteiger charge is 2.52. The van der Waals surface area contributed by atoms with E-state index in [0.29, 0.717) is 5.46 Å². The van der Waals surface area contributed by atoms with Crippen LogP contribution in [0.1, 0.15) is 38.8 Å². The minimum Gasteiger partial charge on any atom is -0.485 e. The van der Waals surface area contributed by atoms with Gasteiger partial charge in [-0.2, -0.15) is 0 Å². The van der Waals surface area contributed by atoms with Gasteiger partial charge in [0.25, 0.3) is 0 Å². The molecule has 1 aliphatic heterocycles. The Kier molecular flexibility index (Phi) is 5.62. The molecule has 2 aromatic rings. The van der Waals surface area contributed by atoms with Crippen molar-refractivity contribution in [2.75, 3.05) is 0 Å². The molecule has 0 amide bonds. The van der Waals surface area contributed by atoms with E-state index in [1.54, 1.807) is 6.07 Å². The summed E-state index contributed by atoms with van der Waals surface area (Å²) < 4.78 is 60.5. The molecule has 2 aromatic carbocycles. The molecule has 0 bridgehead atoms. The quantitative estimate of drug-likeness (QED) is 0.668. The fourth-order valence-electron chi connectivity index (χ4n) is 2.82. The van der Waals surface area contributed by atoms with Crippen LogP contribution in [0.2, 0.25) is 0 Å². The van der Waals surface area contributed by atoms with Crippen molar-refractivity contribution in [3.8, 4) is 11.5 Å². The number of aryl methyl sites for hydroxylation is 1. The first kappa shape index (κ1) is 21.5. The second-order valence-corrected chi connectivity index (χ2v) is 8.12. The van der Waals surface area contributed by atoms with E-state index in [1.807, 2.05) is 58.9 Å². The topological polar surface area (TPSA) is 36.9 Å². The zero-order valence-corrected chi connectivity index (χ0v) is 17.1. The fraction of sp³-hybridized carbons (Fsp3) is 0.429. The Hall–Kier alpha value is -2.19. The summed E-state index contributed by atoms with van der Waals surface area (Å²) >= 11 is 0. The molecule has 3 rings (SSSR count). The molecular formula is C21H24BF3O4. The van der Waals surface area contributed by atoms with Gasteiger partial charge in [-0.25, -0.2) is 0 Å². The molecule has 0 spiro atoms. The molecule has 156 valence electrons. The van der Waals surface area contributed by atoms with Crippen LogP contribution in [0.25, 0.3) is 0 Å². The number of halogens is 3. The van der Waals surface area contributed by atoms with E-state index in [1.165, 1.54) is 12.1 Å². The average Bonchev–Trinajstić information content (AvgIpc) is 2.81. The Morgan fingerprint density at radius 1 is 0.897 bits per heavy atom. The Morgan fingerprint density at radius 2 is 1.48 bits per heavy atom. The fourth-order valence-corrected chi connectivity index (χ4v) is 2.82. The summed E-state index contributed by atoms with van der Waals surface area (Å²) in [5, 5.41) is 0. The van der Waals surface area contributed by atoms with Gasteiger partial charge in [0.2, 0.25) is 0 Å². The Labute approximate surface area is 169 Å². The molecular weight excluding hydrogens is 384 g/mol.